The maximum absolute atomic E-state index is 10.9. The SMILES string of the molecule is CCc1nc(C(=O)O)nn1-c1ccc(C)c(Br)c1. The van der Waals surface area contributed by atoms with Gasteiger partial charge in [-0.25, -0.2) is 14.5 Å². The Balaban J connectivity index is 2.55. The maximum Gasteiger partial charge on any atom is 0.375 e. The first-order chi connectivity index (χ1) is 8.52. The summed E-state index contributed by atoms with van der Waals surface area (Å²) in [7, 11) is 0. The summed E-state index contributed by atoms with van der Waals surface area (Å²) in [6.07, 6.45) is 0.617. The molecular weight excluding hydrogens is 298 g/mol. The Hall–Kier alpha value is -1.69. The van der Waals surface area contributed by atoms with Gasteiger partial charge in [-0.2, -0.15) is 0 Å². The van der Waals surface area contributed by atoms with Gasteiger partial charge >= 0.3 is 5.97 Å². The molecule has 0 saturated carbocycles. The van der Waals surface area contributed by atoms with Gasteiger partial charge in [-0.1, -0.05) is 28.9 Å². The highest BCUT2D eigenvalue weighted by atomic mass is 79.9. The van der Waals surface area contributed by atoms with Gasteiger partial charge in [0.05, 0.1) is 5.69 Å². The van der Waals surface area contributed by atoms with Gasteiger partial charge < -0.3 is 5.11 Å². The Morgan fingerprint density at radius 1 is 1.50 bits per heavy atom. The number of benzene rings is 1. The molecule has 0 radical (unpaired) electrons. The summed E-state index contributed by atoms with van der Waals surface area (Å²) in [5.41, 5.74) is 1.90. The van der Waals surface area contributed by atoms with Crippen molar-refractivity contribution in [1.82, 2.24) is 14.8 Å². The van der Waals surface area contributed by atoms with Crippen molar-refractivity contribution in [3.05, 3.63) is 39.9 Å². The van der Waals surface area contributed by atoms with Crippen molar-refractivity contribution in [2.24, 2.45) is 0 Å². The van der Waals surface area contributed by atoms with E-state index in [0.717, 1.165) is 15.7 Å². The molecule has 1 heterocycles. The van der Waals surface area contributed by atoms with Crippen molar-refractivity contribution in [3.63, 3.8) is 0 Å². The predicted molar refractivity (Wildman–Crippen MR) is 70.1 cm³/mol. The molecule has 0 aliphatic rings. The fourth-order valence-corrected chi connectivity index (χ4v) is 1.95. The van der Waals surface area contributed by atoms with Crippen LogP contribution in [0, 0.1) is 6.92 Å². The fourth-order valence-electron chi connectivity index (χ4n) is 1.58. The second-order valence-electron chi connectivity index (χ2n) is 3.86. The normalized spacial score (nSPS) is 10.6. The minimum atomic E-state index is -1.12. The molecule has 0 aliphatic carbocycles. The van der Waals surface area contributed by atoms with Crippen LogP contribution in [0.25, 0.3) is 5.69 Å². The van der Waals surface area contributed by atoms with Gasteiger partial charge in [0.15, 0.2) is 0 Å². The summed E-state index contributed by atoms with van der Waals surface area (Å²) in [5.74, 6) is -0.665. The van der Waals surface area contributed by atoms with E-state index in [0.29, 0.717) is 12.2 Å². The van der Waals surface area contributed by atoms with Gasteiger partial charge in [-0.3, -0.25) is 0 Å². The summed E-state index contributed by atoms with van der Waals surface area (Å²) in [5, 5.41) is 12.9. The average molecular weight is 310 g/mol. The van der Waals surface area contributed by atoms with Gasteiger partial charge in [0.25, 0.3) is 5.82 Å². The Morgan fingerprint density at radius 3 is 2.78 bits per heavy atom. The summed E-state index contributed by atoms with van der Waals surface area (Å²) >= 11 is 3.45. The van der Waals surface area contributed by atoms with Crippen LogP contribution in [0.2, 0.25) is 0 Å². The largest absolute Gasteiger partial charge is 0.475 e. The van der Waals surface area contributed by atoms with Crippen LogP contribution in [-0.2, 0) is 6.42 Å². The second-order valence-corrected chi connectivity index (χ2v) is 4.71. The zero-order valence-electron chi connectivity index (χ0n) is 10.0. The number of carboxylic acids is 1. The number of hydrogen-bond donors (Lipinski definition) is 1. The predicted octanol–water partition coefficient (Wildman–Crippen LogP) is 2.60. The number of carbonyl (C=O) groups is 1. The molecule has 1 aromatic carbocycles. The lowest BCUT2D eigenvalue weighted by Gasteiger charge is -2.06. The minimum Gasteiger partial charge on any atom is -0.475 e. The van der Waals surface area contributed by atoms with Crippen molar-refractivity contribution >= 4 is 21.9 Å². The molecular formula is C12H12BrN3O2. The molecule has 0 amide bonds. The number of rotatable bonds is 3. The van der Waals surface area contributed by atoms with E-state index >= 15 is 0 Å². The highest BCUT2D eigenvalue weighted by molar-refractivity contribution is 9.10. The number of nitrogens with zero attached hydrogens (tertiary/aromatic N) is 3. The molecule has 0 fully saturated rings. The first-order valence-corrected chi connectivity index (χ1v) is 6.28. The Labute approximate surface area is 113 Å². The van der Waals surface area contributed by atoms with Crippen LogP contribution in [0.5, 0.6) is 0 Å². The van der Waals surface area contributed by atoms with E-state index in [1.807, 2.05) is 32.0 Å². The van der Waals surface area contributed by atoms with E-state index in [2.05, 4.69) is 26.0 Å². The van der Waals surface area contributed by atoms with Gasteiger partial charge in [-0.15, -0.1) is 5.10 Å². The number of aryl methyl sites for hydroxylation is 2. The summed E-state index contributed by atoms with van der Waals surface area (Å²) in [6, 6.07) is 5.73. The van der Waals surface area contributed by atoms with E-state index in [-0.39, 0.29) is 5.82 Å². The van der Waals surface area contributed by atoms with Crippen LogP contribution in [0.1, 0.15) is 28.9 Å². The lowest BCUT2D eigenvalue weighted by molar-refractivity contribution is 0.0683. The van der Waals surface area contributed by atoms with Crippen LogP contribution in [0.3, 0.4) is 0 Å². The summed E-state index contributed by atoms with van der Waals surface area (Å²) in [4.78, 5) is 14.9. The molecule has 2 aromatic rings. The molecule has 1 N–H and O–H groups in total. The molecule has 6 heteroatoms. The lowest BCUT2D eigenvalue weighted by Crippen LogP contribution is -2.03. The highest BCUT2D eigenvalue weighted by Crippen LogP contribution is 2.20. The molecule has 0 aliphatic heterocycles. The first kappa shape index (κ1) is 12.8. The Bertz CT molecular complexity index is 607. The quantitative estimate of drug-likeness (QED) is 0.946. The van der Waals surface area contributed by atoms with E-state index in [1.54, 1.807) is 4.68 Å². The molecule has 0 saturated heterocycles. The van der Waals surface area contributed by atoms with Gasteiger partial charge in [0.1, 0.15) is 5.82 Å². The van der Waals surface area contributed by atoms with Gasteiger partial charge in [-0.05, 0) is 24.6 Å². The number of aromatic carboxylic acids is 1. The van der Waals surface area contributed by atoms with Crippen molar-refractivity contribution in [3.8, 4) is 5.69 Å². The van der Waals surface area contributed by atoms with E-state index in [9.17, 15) is 4.79 Å². The topological polar surface area (TPSA) is 68.0 Å². The Kier molecular flexibility index (Phi) is 3.47. The molecule has 1 aromatic heterocycles. The first-order valence-electron chi connectivity index (χ1n) is 5.48. The van der Waals surface area contributed by atoms with Crippen molar-refractivity contribution in [1.29, 1.82) is 0 Å². The lowest BCUT2D eigenvalue weighted by atomic mass is 10.2. The molecule has 0 spiro atoms. The van der Waals surface area contributed by atoms with Crippen LogP contribution < -0.4 is 0 Å². The zero-order valence-corrected chi connectivity index (χ0v) is 11.6. The second kappa shape index (κ2) is 4.89. The highest BCUT2D eigenvalue weighted by Gasteiger charge is 2.15. The smallest absolute Gasteiger partial charge is 0.375 e. The third kappa shape index (κ3) is 2.28. The van der Waals surface area contributed by atoms with E-state index < -0.39 is 5.97 Å². The average Bonchev–Trinajstić information content (AvgIpc) is 2.77. The standard InChI is InChI=1S/C12H12BrN3O2/c1-3-10-14-11(12(17)18)15-16(10)8-5-4-7(2)9(13)6-8/h4-6H,3H2,1-2H3,(H,17,18). The fraction of sp³-hybridized carbons (Fsp3) is 0.250. The van der Waals surface area contributed by atoms with Crippen molar-refractivity contribution < 1.29 is 9.90 Å². The third-order valence-electron chi connectivity index (χ3n) is 2.58. The third-order valence-corrected chi connectivity index (χ3v) is 3.44. The zero-order chi connectivity index (χ0) is 13.3. The molecule has 18 heavy (non-hydrogen) atoms. The number of halogens is 1. The number of hydrogen-bond acceptors (Lipinski definition) is 3. The van der Waals surface area contributed by atoms with Crippen LogP contribution in [0.15, 0.2) is 22.7 Å². The molecule has 2 rings (SSSR count). The summed E-state index contributed by atoms with van der Waals surface area (Å²) in [6.45, 7) is 3.90. The number of aromatic nitrogens is 3. The minimum absolute atomic E-state index is 0.177. The monoisotopic (exact) mass is 309 g/mol. The van der Waals surface area contributed by atoms with Crippen molar-refractivity contribution in [2.45, 2.75) is 20.3 Å². The van der Waals surface area contributed by atoms with Gasteiger partial charge in [0, 0.05) is 10.9 Å². The van der Waals surface area contributed by atoms with Crippen molar-refractivity contribution in [2.75, 3.05) is 0 Å². The van der Waals surface area contributed by atoms with Crippen LogP contribution in [0.4, 0.5) is 0 Å². The van der Waals surface area contributed by atoms with Crippen LogP contribution >= 0.6 is 15.9 Å². The van der Waals surface area contributed by atoms with E-state index in [4.69, 9.17) is 5.11 Å². The Morgan fingerprint density at radius 2 is 2.22 bits per heavy atom. The molecule has 0 atom stereocenters. The number of carboxylic acid groups (broad SMARTS) is 1. The molecule has 94 valence electrons. The maximum atomic E-state index is 10.9. The molecule has 0 bridgehead atoms. The molecule has 5 nitrogen and oxygen atoms in total. The van der Waals surface area contributed by atoms with E-state index in [1.165, 1.54) is 0 Å². The molecule has 0 unspecified atom stereocenters. The summed E-state index contributed by atoms with van der Waals surface area (Å²) < 4.78 is 2.52. The van der Waals surface area contributed by atoms with Crippen LogP contribution in [-0.4, -0.2) is 25.8 Å². The van der Waals surface area contributed by atoms with Gasteiger partial charge in [0.2, 0.25) is 0 Å².